The molecule has 4 rings (SSSR count). The van der Waals surface area contributed by atoms with Crippen LogP contribution >= 0.6 is 0 Å². The summed E-state index contributed by atoms with van der Waals surface area (Å²) in [5, 5.41) is 11.4. The summed E-state index contributed by atoms with van der Waals surface area (Å²) in [6.45, 7) is 8.35. The third kappa shape index (κ3) is 4.41. The molecular formula is C27H32N4O4. The van der Waals surface area contributed by atoms with Crippen molar-refractivity contribution in [2.24, 2.45) is 0 Å². The van der Waals surface area contributed by atoms with E-state index in [1.165, 1.54) is 6.08 Å². The van der Waals surface area contributed by atoms with Crippen LogP contribution < -0.4 is 14.4 Å². The number of aliphatic hydroxyl groups excluding tert-OH is 1. The minimum Gasteiger partial charge on any atom is -0.496 e. The van der Waals surface area contributed by atoms with Crippen LogP contribution in [0.5, 0.6) is 11.5 Å². The van der Waals surface area contributed by atoms with Crippen LogP contribution in [0.4, 0.5) is 5.95 Å². The number of aliphatic hydroxyl groups is 1. The summed E-state index contributed by atoms with van der Waals surface area (Å²) in [6.07, 6.45) is 3.19. The molecule has 1 N–H and O–H groups in total. The van der Waals surface area contributed by atoms with Gasteiger partial charge in [0.1, 0.15) is 11.5 Å². The number of nitrogens with zero attached hydrogens (tertiary/aromatic N) is 4. The molecule has 1 amide bonds. The highest BCUT2D eigenvalue weighted by Crippen LogP contribution is 2.40. The van der Waals surface area contributed by atoms with Crippen molar-refractivity contribution < 1.29 is 19.4 Å². The molecule has 2 aromatic carbocycles. The fourth-order valence-electron chi connectivity index (χ4n) is 4.88. The second-order valence-electron chi connectivity index (χ2n) is 8.75. The molecule has 2 heterocycles. The summed E-state index contributed by atoms with van der Waals surface area (Å²) in [4.78, 5) is 24.7. The van der Waals surface area contributed by atoms with Gasteiger partial charge in [-0.15, -0.1) is 0 Å². The third-order valence-electron chi connectivity index (χ3n) is 6.81. The normalized spacial score (nSPS) is 17.5. The highest BCUT2D eigenvalue weighted by atomic mass is 16.5. The first-order valence-electron chi connectivity index (χ1n) is 11.7. The number of anilines is 1. The zero-order chi connectivity index (χ0) is 25.3. The molecule has 0 aliphatic carbocycles. The van der Waals surface area contributed by atoms with Gasteiger partial charge in [0.05, 0.1) is 31.9 Å². The van der Waals surface area contributed by atoms with E-state index in [1.807, 2.05) is 30.1 Å². The van der Waals surface area contributed by atoms with Crippen LogP contribution in [0.15, 0.2) is 43.1 Å². The fourth-order valence-corrected chi connectivity index (χ4v) is 4.88. The summed E-state index contributed by atoms with van der Waals surface area (Å²) in [5.74, 6) is 1.89. The monoisotopic (exact) mass is 476 g/mol. The number of ether oxygens (including phenoxy) is 2. The van der Waals surface area contributed by atoms with Gasteiger partial charge in [0.25, 0.3) is 0 Å². The minimum atomic E-state index is -0.691. The molecule has 2 unspecified atom stereocenters. The second-order valence-corrected chi connectivity index (χ2v) is 8.75. The van der Waals surface area contributed by atoms with Crippen molar-refractivity contribution in [2.75, 3.05) is 39.3 Å². The van der Waals surface area contributed by atoms with Crippen molar-refractivity contribution in [3.05, 3.63) is 54.2 Å². The zero-order valence-corrected chi connectivity index (χ0v) is 20.9. The van der Waals surface area contributed by atoms with Gasteiger partial charge < -0.3 is 24.4 Å². The predicted molar refractivity (Wildman–Crippen MR) is 137 cm³/mol. The van der Waals surface area contributed by atoms with Gasteiger partial charge in [0, 0.05) is 43.4 Å². The average Bonchev–Trinajstić information content (AvgIpc) is 3.28. The van der Waals surface area contributed by atoms with E-state index in [0.717, 1.165) is 51.1 Å². The number of β-amino-alcohol motifs (C(OH)–C–C–N with tert-alkyl or cyclic N) is 1. The van der Waals surface area contributed by atoms with Gasteiger partial charge >= 0.3 is 0 Å². The maximum atomic E-state index is 12.0. The van der Waals surface area contributed by atoms with Crippen molar-refractivity contribution in [1.29, 1.82) is 0 Å². The molecule has 0 saturated carbocycles. The van der Waals surface area contributed by atoms with E-state index in [9.17, 15) is 9.90 Å². The van der Waals surface area contributed by atoms with Crippen LogP contribution in [0, 0.1) is 6.92 Å². The van der Waals surface area contributed by atoms with E-state index < -0.39 is 6.10 Å². The number of rotatable bonds is 7. The molecule has 1 fully saturated rings. The molecular weight excluding hydrogens is 444 g/mol. The molecule has 0 bridgehead atoms. The molecule has 0 spiro atoms. The van der Waals surface area contributed by atoms with Crippen LogP contribution in [-0.4, -0.2) is 72.4 Å². The van der Waals surface area contributed by atoms with Crippen LogP contribution in [0.25, 0.3) is 22.0 Å². The van der Waals surface area contributed by atoms with Crippen LogP contribution in [-0.2, 0) is 11.2 Å². The van der Waals surface area contributed by atoms with Crippen molar-refractivity contribution >= 4 is 22.8 Å². The van der Waals surface area contributed by atoms with Gasteiger partial charge in [-0.25, -0.2) is 9.97 Å². The SMILES string of the molecule is C=CC(=O)N1CC(O)C(N(C)c2ncc3cc(-c4c(C)c(OC)cc(OC)c4CC)ccc3n2)C1. The number of fused-ring (bicyclic) bond motifs is 1. The number of carbonyl (C=O) groups is 1. The molecule has 0 radical (unpaired) electrons. The largest absolute Gasteiger partial charge is 0.496 e. The maximum absolute atomic E-state index is 12.0. The van der Waals surface area contributed by atoms with Gasteiger partial charge in [-0.1, -0.05) is 19.6 Å². The molecule has 1 saturated heterocycles. The highest BCUT2D eigenvalue weighted by Gasteiger charge is 2.36. The van der Waals surface area contributed by atoms with Gasteiger partial charge in [-0.05, 0) is 48.2 Å². The lowest BCUT2D eigenvalue weighted by Gasteiger charge is -2.26. The summed E-state index contributed by atoms with van der Waals surface area (Å²) in [6, 6.07) is 7.75. The number of hydrogen-bond acceptors (Lipinski definition) is 7. The first-order valence-corrected chi connectivity index (χ1v) is 11.7. The summed E-state index contributed by atoms with van der Waals surface area (Å²) in [7, 11) is 5.18. The molecule has 8 nitrogen and oxygen atoms in total. The topological polar surface area (TPSA) is 88.0 Å². The molecule has 184 valence electrons. The first-order chi connectivity index (χ1) is 16.8. The number of benzene rings is 2. The Morgan fingerprint density at radius 3 is 2.66 bits per heavy atom. The number of hydrogen-bond donors (Lipinski definition) is 1. The van der Waals surface area contributed by atoms with E-state index >= 15 is 0 Å². The lowest BCUT2D eigenvalue weighted by atomic mass is 9.91. The van der Waals surface area contributed by atoms with Crippen molar-refractivity contribution in [3.8, 4) is 22.6 Å². The summed E-state index contributed by atoms with van der Waals surface area (Å²) < 4.78 is 11.3. The van der Waals surface area contributed by atoms with Crippen molar-refractivity contribution in [2.45, 2.75) is 32.4 Å². The number of methoxy groups -OCH3 is 2. The first kappa shape index (κ1) is 24.5. The minimum absolute atomic E-state index is 0.192. The summed E-state index contributed by atoms with van der Waals surface area (Å²) in [5.41, 5.74) is 5.10. The van der Waals surface area contributed by atoms with Crippen LogP contribution in [0.1, 0.15) is 18.1 Å². The molecule has 2 atom stereocenters. The number of likely N-dealkylation sites (tertiary alicyclic amines) is 1. The quantitative estimate of drug-likeness (QED) is 0.523. The lowest BCUT2D eigenvalue weighted by Crippen LogP contribution is -2.42. The molecule has 35 heavy (non-hydrogen) atoms. The lowest BCUT2D eigenvalue weighted by molar-refractivity contribution is -0.125. The number of aromatic nitrogens is 2. The van der Waals surface area contributed by atoms with Crippen molar-refractivity contribution in [3.63, 3.8) is 0 Å². The Bertz CT molecular complexity index is 1280. The van der Waals surface area contributed by atoms with E-state index in [1.54, 1.807) is 25.3 Å². The zero-order valence-electron chi connectivity index (χ0n) is 20.9. The smallest absolute Gasteiger partial charge is 0.246 e. The summed E-state index contributed by atoms with van der Waals surface area (Å²) >= 11 is 0. The molecule has 1 aliphatic heterocycles. The fraction of sp³-hybridized carbons (Fsp3) is 0.370. The third-order valence-corrected chi connectivity index (χ3v) is 6.81. The van der Waals surface area contributed by atoms with Gasteiger partial charge in [-0.2, -0.15) is 0 Å². The van der Waals surface area contributed by atoms with E-state index in [2.05, 4.69) is 31.5 Å². The predicted octanol–water partition coefficient (Wildman–Crippen LogP) is 3.38. The maximum Gasteiger partial charge on any atom is 0.246 e. The van der Waals surface area contributed by atoms with E-state index in [-0.39, 0.29) is 18.5 Å². The van der Waals surface area contributed by atoms with Crippen LogP contribution in [0.2, 0.25) is 0 Å². The Balaban J connectivity index is 1.70. The van der Waals surface area contributed by atoms with E-state index in [0.29, 0.717) is 12.5 Å². The van der Waals surface area contributed by atoms with E-state index in [4.69, 9.17) is 14.5 Å². The van der Waals surface area contributed by atoms with Gasteiger partial charge in [0.2, 0.25) is 11.9 Å². The van der Waals surface area contributed by atoms with Crippen LogP contribution in [0.3, 0.4) is 0 Å². The van der Waals surface area contributed by atoms with Crippen molar-refractivity contribution in [1.82, 2.24) is 14.9 Å². The Labute approximate surface area is 205 Å². The molecule has 3 aromatic rings. The number of likely N-dealkylation sites (N-methyl/N-ethyl adjacent to an activating group) is 1. The highest BCUT2D eigenvalue weighted by molar-refractivity contribution is 5.88. The Morgan fingerprint density at radius 1 is 1.26 bits per heavy atom. The second kappa shape index (κ2) is 9.92. The molecule has 1 aliphatic rings. The Morgan fingerprint density at radius 2 is 2.00 bits per heavy atom. The average molecular weight is 477 g/mol. The number of amides is 1. The number of carbonyl (C=O) groups excluding carboxylic acids is 1. The van der Waals surface area contributed by atoms with Gasteiger partial charge in [0.15, 0.2) is 0 Å². The Hall–Kier alpha value is -3.65. The molecule has 1 aromatic heterocycles. The molecule has 8 heteroatoms. The van der Waals surface area contributed by atoms with Gasteiger partial charge in [-0.3, -0.25) is 4.79 Å². The standard InChI is InChI=1S/C27H32N4O4/c1-7-19-24(35-6)12-23(34-5)16(3)26(19)17-9-10-20-18(11-17)13-28-27(29-20)30(4)21-14-31(15-22(21)32)25(33)8-2/h8-13,21-22,32H,2,7,14-15H2,1,3-6H3. The Kier molecular flexibility index (Phi) is 6.93.